The van der Waals surface area contributed by atoms with E-state index in [1.807, 2.05) is 19.9 Å². The molecule has 2 fully saturated rings. The van der Waals surface area contributed by atoms with Crippen molar-refractivity contribution in [2.24, 2.45) is 17.8 Å². The number of ether oxygens (including phenoxy) is 6. The van der Waals surface area contributed by atoms with Gasteiger partial charge in [0, 0.05) is 18.8 Å². The molecule has 7 N–H and O–H groups in total. The summed E-state index contributed by atoms with van der Waals surface area (Å²) in [6, 6.07) is 0. The van der Waals surface area contributed by atoms with Gasteiger partial charge in [-0.1, -0.05) is 19.9 Å². The van der Waals surface area contributed by atoms with E-state index < -0.39 is 80.1 Å². The van der Waals surface area contributed by atoms with Crippen molar-refractivity contribution in [2.45, 2.75) is 94.7 Å². The first-order valence-corrected chi connectivity index (χ1v) is 13.9. The molecule has 234 valence electrons. The van der Waals surface area contributed by atoms with E-state index in [4.69, 9.17) is 28.4 Å². The summed E-state index contributed by atoms with van der Waals surface area (Å²) in [6.45, 7) is 2.71. The van der Waals surface area contributed by atoms with Crippen LogP contribution < -0.4 is 0 Å². The third-order valence-corrected chi connectivity index (χ3v) is 7.84. The molecule has 0 saturated carbocycles. The summed E-state index contributed by atoms with van der Waals surface area (Å²) in [5, 5.41) is 70.2. The molecule has 4 aliphatic rings. The summed E-state index contributed by atoms with van der Waals surface area (Å²) in [5.74, 6) is -0.867. The molecule has 0 spiro atoms. The molecule has 0 aromatic rings. The van der Waals surface area contributed by atoms with Gasteiger partial charge in [0.05, 0.1) is 50.8 Å². The highest BCUT2D eigenvalue weighted by Crippen LogP contribution is 2.43. The minimum Gasteiger partial charge on any atom is -0.462 e. The van der Waals surface area contributed by atoms with Crippen molar-refractivity contribution in [1.29, 1.82) is 0 Å². The average molecular weight is 591 g/mol. The molecule has 0 radical (unpaired) electrons. The van der Waals surface area contributed by atoms with Crippen molar-refractivity contribution in [1.82, 2.24) is 0 Å². The number of allylic oxidation sites excluding steroid dienone is 1. The standard InChI is InChI=1S/C27H42O14/c1-12(2)5-19(31)41-25-20-13(7-28)3-4-16(20)14(9-36-25)10-37-26-21(32)17(30)6-15(39-26)11-38-27-24(35)23(34)22(33)18(8-29)40-27/h3,9,12,15-18,20-30,32-35H,4-8,10-11H2,1-2H3/t15-,16+,17-,18-,20+,21-,22+,23-,24+,25-,26+,27+/m1/s1. The third kappa shape index (κ3) is 7.46. The maximum Gasteiger partial charge on any atom is 0.309 e. The number of aliphatic hydroxyl groups is 7. The number of carbonyl (C=O) groups excluding carboxylic acids is 1. The number of aliphatic hydroxyl groups excluding tert-OH is 7. The minimum absolute atomic E-state index is 0.0256. The molecule has 3 heterocycles. The predicted octanol–water partition coefficient (Wildman–Crippen LogP) is -1.96. The third-order valence-electron chi connectivity index (χ3n) is 7.84. The van der Waals surface area contributed by atoms with E-state index in [0.717, 1.165) is 0 Å². The highest BCUT2D eigenvalue weighted by molar-refractivity contribution is 5.69. The number of hydrogen-bond acceptors (Lipinski definition) is 14. The smallest absolute Gasteiger partial charge is 0.309 e. The van der Waals surface area contributed by atoms with E-state index in [1.54, 1.807) is 0 Å². The van der Waals surface area contributed by atoms with E-state index >= 15 is 0 Å². The van der Waals surface area contributed by atoms with Crippen LogP contribution >= 0.6 is 0 Å². The second kappa shape index (κ2) is 14.2. The molecule has 0 amide bonds. The monoisotopic (exact) mass is 590 g/mol. The molecule has 0 aromatic carbocycles. The first-order chi connectivity index (χ1) is 19.5. The Morgan fingerprint density at radius 1 is 0.951 bits per heavy atom. The number of hydrogen-bond donors (Lipinski definition) is 7. The lowest BCUT2D eigenvalue weighted by Gasteiger charge is -2.41. The Bertz CT molecular complexity index is 937. The van der Waals surface area contributed by atoms with Crippen LogP contribution in [-0.4, -0.2) is 130 Å². The summed E-state index contributed by atoms with van der Waals surface area (Å²) >= 11 is 0. The van der Waals surface area contributed by atoms with E-state index in [0.29, 0.717) is 17.6 Å². The molecule has 14 heteroatoms. The van der Waals surface area contributed by atoms with Gasteiger partial charge in [-0.15, -0.1) is 0 Å². The SMILES string of the molecule is CC(C)CC(=O)O[C@H]1OC=C(CO[C@H]2O[C@@H](CO[C@H]3O[C@H](CO)[C@H](O)[C@@H](O)[C@@H]3O)C[C@@H](O)[C@H]2O)[C@@H]2CC=C(CO)[C@H]12. The molecular formula is C27H42O14. The molecule has 1 aliphatic carbocycles. The highest BCUT2D eigenvalue weighted by atomic mass is 16.7. The molecule has 0 aromatic heterocycles. The van der Waals surface area contributed by atoms with Gasteiger partial charge in [0.2, 0.25) is 6.29 Å². The summed E-state index contributed by atoms with van der Waals surface area (Å²) in [7, 11) is 0. The summed E-state index contributed by atoms with van der Waals surface area (Å²) in [6.07, 6.45) is -8.69. The van der Waals surface area contributed by atoms with Gasteiger partial charge in [0.1, 0.15) is 30.5 Å². The van der Waals surface area contributed by atoms with Crippen LogP contribution in [0.5, 0.6) is 0 Å². The number of rotatable bonds is 11. The van der Waals surface area contributed by atoms with Gasteiger partial charge in [-0.2, -0.15) is 0 Å². The van der Waals surface area contributed by atoms with Crippen molar-refractivity contribution in [2.75, 3.05) is 26.4 Å². The highest BCUT2D eigenvalue weighted by Gasteiger charge is 2.46. The Labute approximate surface area is 237 Å². The van der Waals surface area contributed by atoms with Crippen LogP contribution in [-0.2, 0) is 33.2 Å². The quantitative estimate of drug-likeness (QED) is 0.103. The fraction of sp³-hybridized carbons (Fsp3) is 0.815. The van der Waals surface area contributed by atoms with Crippen LogP contribution in [0, 0.1) is 17.8 Å². The second-order valence-electron chi connectivity index (χ2n) is 11.4. The van der Waals surface area contributed by atoms with Crippen molar-refractivity contribution < 1.29 is 69.0 Å². The number of carbonyl (C=O) groups is 1. The lowest BCUT2D eigenvalue weighted by Crippen LogP contribution is -2.59. The van der Waals surface area contributed by atoms with Gasteiger partial charge in [0.25, 0.3) is 0 Å². The Balaban J connectivity index is 1.34. The van der Waals surface area contributed by atoms with E-state index in [2.05, 4.69) is 0 Å². The normalized spacial score (nSPS) is 40.9. The molecule has 4 rings (SSSR count). The molecule has 0 unspecified atom stereocenters. The average Bonchev–Trinajstić information content (AvgIpc) is 3.37. The predicted molar refractivity (Wildman–Crippen MR) is 136 cm³/mol. The van der Waals surface area contributed by atoms with Crippen LogP contribution in [0.4, 0.5) is 0 Å². The maximum atomic E-state index is 12.3. The van der Waals surface area contributed by atoms with Gasteiger partial charge in [-0.25, -0.2) is 0 Å². The number of fused-ring (bicyclic) bond motifs is 1. The Kier molecular flexibility index (Phi) is 11.2. The van der Waals surface area contributed by atoms with Gasteiger partial charge in [-0.3, -0.25) is 4.79 Å². The fourth-order valence-corrected chi connectivity index (χ4v) is 5.56. The van der Waals surface area contributed by atoms with Crippen molar-refractivity contribution in [3.8, 4) is 0 Å². The summed E-state index contributed by atoms with van der Waals surface area (Å²) in [4.78, 5) is 12.3. The molecule has 12 atom stereocenters. The minimum atomic E-state index is -1.61. The molecular weight excluding hydrogens is 548 g/mol. The van der Waals surface area contributed by atoms with Crippen molar-refractivity contribution in [3.05, 3.63) is 23.5 Å². The van der Waals surface area contributed by atoms with E-state index in [-0.39, 0.29) is 44.5 Å². The molecule has 41 heavy (non-hydrogen) atoms. The first-order valence-electron chi connectivity index (χ1n) is 13.9. The summed E-state index contributed by atoms with van der Waals surface area (Å²) in [5.41, 5.74) is 1.38. The number of esters is 1. The van der Waals surface area contributed by atoms with Crippen LogP contribution in [0.15, 0.2) is 23.5 Å². The zero-order valence-electron chi connectivity index (χ0n) is 23.1. The Morgan fingerprint density at radius 3 is 2.37 bits per heavy atom. The van der Waals surface area contributed by atoms with Gasteiger partial charge in [0.15, 0.2) is 12.6 Å². The van der Waals surface area contributed by atoms with E-state index in [9.17, 15) is 40.5 Å². The zero-order valence-corrected chi connectivity index (χ0v) is 23.1. The first kappa shape index (κ1) is 32.2. The Hall–Kier alpha value is -1.69. The van der Waals surface area contributed by atoms with Crippen molar-refractivity contribution in [3.63, 3.8) is 0 Å². The maximum absolute atomic E-state index is 12.3. The topological polar surface area (TPSA) is 214 Å². The molecule has 14 nitrogen and oxygen atoms in total. The fourth-order valence-electron chi connectivity index (χ4n) is 5.56. The van der Waals surface area contributed by atoms with E-state index in [1.165, 1.54) is 6.26 Å². The van der Waals surface area contributed by atoms with Gasteiger partial charge < -0.3 is 64.2 Å². The molecule has 2 saturated heterocycles. The zero-order chi connectivity index (χ0) is 29.8. The van der Waals surface area contributed by atoms with Crippen LogP contribution in [0.1, 0.15) is 33.1 Å². The Morgan fingerprint density at radius 2 is 1.68 bits per heavy atom. The lowest BCUT2D eigenvalue weighted by atomic mass is 9.84. The lowest BCUT2D eigenvalue weighted by molar-refractivity contribution is -0.318. The largest absolute Gasteiger partial charge is 0.462 e. The van der Waals surface area contributed by atoms with Crippen LogP contribution in [0.2, 0.25) is 0 Å². The van der Waals surface area contributed by atoms with Crippen LogP contribution in [0.25, 0.3) is 0 Å². The van der Waals surface area contributed by atoms with Crippen molar-refractivity contribution >= 4 is 5.97 Å². The molecule has 0 bridgehead atoms. The summed E-state index contributed by atoms with van der Waals surface area (Å²) < 4.78 is 33.8. The second-order valence-corrected chi connectivity index (χ2v) is 11.4. The van der Waals surface area contributed by atoms with Gasteiger partial charge >= 0.3 is 5.97 Å². The van der Waals surface area contributed by atoms with Crippen LogP contribution in [0.3, 0.4) is 0 Å². The van der Waals surface area contributed by atoms with Gasteiger partial charge in [-0.05, 0) is 23.5 Å². The molecule has 3 aliphatic heterocycles.